The minimum Gasteiger partial charge on any atom is -0.352 e. The Morgan fingerprint density at radius 2 is 1.47 bits per heavy atom. The number of hydrogen-bond acceptors (Lipinski definition) is 4. The summed E-state index contributed by atoms with van der Waals surface area (Å²) in [4.78, 5) is 50.0. The zero-order valence-corrected chi connectivity index (χ0v) is 24.5. The van der Waals surface area contributed by atoms with Gasteiger partial charge in [-0.2, -0.15) is 0 Å². The summed E-state index contributed by atoms with van der Waals surface area (Å²) in [5, 5.41) is 11.0. The van der Waals surface area contributed by atoms with Crippen LogP contribution in [0.3, 0.4) is 0 Å². The van der Waals surface area contributed by atoms with Gasteiger partial charge in [0.25, 0.3) is 0 Å². The highest BCUT2D eigenvalue weighted by molar-refractivity contribution is 5.98. The van der Waals surface area contributed by atoms with Gasteiger partial charge < -0.3 is 27.0 Å². The van der Waals surface area contributed by atoms with Gasteiger partial charge in [-0.25, -0.2) is 4.79 Å². The van der Waals surface area contributed by atoms with E-state index in [2.05, 4.69) is 62.8 Å². The molecule has 6 N–H and O–H groups in total. The van der Waals surface area contributed by atoms with Crippen molar-refractivity contribution in [1.82, 2.24) is 16.0 Å². The van der Waals surface area contributed by atoms with Crippen LogP contribution in [-0.4, -0.2) is 42.4 Å². The number of nitrogens with one attached hydrogen (secondary N) is 4. The highest BCUT2D eigenvalue weighted by Gasteiger charge is 2.29. The highest BCUT2D eigenvalue weighted by Crippen LogP contribution is 2.22. The van der Waals surface area contributed by atoms with Crippen molar-refractivity contribution in [1.29, 1.82) is 0 Å². The van der Waals surface area contributed by atoms with Gasteiger partial charge in [-0.15, -0.1) is 0 Å². The predicted molar refractivity (Wildman–Crippen MR) is 152 cm³/mol. The standard InChI is InChI=1S/C29H49N5O4/c1-19(2)24(34-23(35)15-16-28(3,4)5)26(37)33-22(10-9-17-31-27(30)38)25(36)32-21-13-11-20(12-14-21)18-29(6,7)8/h11-14,19,22,24H,9-10,15-18H2,1-8H3,(H,32,36)(H,33,37)(H,34,35)(H3,30,31,38)/t22-,24?/m0/s1. The summed E-state index contributed by atoms with van der Waals surface area (Å²) >= 11 is 0. The smallest absolute Gasteiger partial charge is 0.312 e. The van der Waals surface area contributed by atoms with Crippen molar-refractivity contribution in [2.75, 3.05) is 11.9 Å². The minimum atomic E-state index is -0.862. The van der Waals surface area contributed by atoms with E-state index < -0.39 is 24.0 Å². The number of primary amides is 1. The van der Waals surface area contributed by atoms with Crippen molar-refractivity contribution < 1.29 is 19.2 Å². The number of hydrogen-bond donors (Lipinski definition) is 5. The second-order valence-electron chi connectivity index (χ2n) is 12.8. The molecule has 9 nitrogen and oxygen atoms in total. The lowest BCUT2D eigenvalue weighted by Crippen LogP contribution is -2.54. The number of carbonyl (C=O) groups excluding carboxylic acids is 4. The number of nitrogens with two attached hydrogens (primary N) is 1. The zero-order valence-electron chi connectivity index (χ0n) is 24.5. The Bertz CT molecular complexity index is 930. The lowest BCUT2D eigenvalue weighted by Gasteiger charge is -2.26. The molecule has 2 atom stereocenters. The second kappa shape index (κ2) is 14.7. The van der Waals surface area contributed by atoms with Gasteiger partial charge in [0.05, 0.1) is 0 Å². The lowest BCUT2D eigenvalue weighted by atomic mass is 9.88. The summed E-state index contributed by atoms with van der Waals surface area (Å²) < 4.78 is 0. The molecule has 1 aromatic rings. The minimum absolute atomic E-state index is 0.00000496. The van der Waals surface area contributed by atoms with Gasteiger partial charge in [0.15, 0.2) is 0 Å². The van der Waals surface area contributed by atoms with E-state index in [9.17, 15) is 19.2 Å². The summed E-state index contributed by atoms with van der Waals surface area (Å²) in [6.45, 7) is 16.6. The molecule has 0 radical (unpaired) electrons. The largest absolute Gasteiger partial charge is 0.352 e. The summed E-state index contributed by atoms with van der Waals surface area (Å²) in [7, 11) is 0. The number of benzene rings is 1. The Labute approximate surface area is 228 Å². The highest BCUT2D eigenvalue weighted by atomic mass is 16.2. The van der Waals surface area contributed by atoms with Crippen LogP contribution in [0.5, 0.6) is 0 Å². The molecule has 0 saturated heterocycles. The molecular weight excluding hydrogens is 482 g/mol. The SMILES string of the molecule is CC(C)C(NC(=O)CCC(C)(C)C)C(=O)N[C@@H](CCCNC(N)=O)C(=O)Nc1ccc(CC(C)(C)C)cc1. The molecule has 0 saturated carbocycles. The molecule has 0 aromatic heterocycles. The Balaban J connectivity index is 2.93. The Morgan fingerprint density at radius 3 is 1.97 bits per heavy atom. The molecule has 0 aliphatic heterocycles. The third kappa shape index (κ3) is 14.0. The first-order valence-corrected chi connectivity index (χ1v) is 13.5. The Kier molecular flexibility index (Phi) is 12.8. The van der Waals surface area contributed by atoms with E-state index >= 15 is 0 Å². The molecule has 1 rings (SSSR count). The monoisotopic (exact) mass is 531 g/mol. The molecule has 0 bridgehead atoms. The van der Waals surface area contributed by atoms with Crippen LogP contribution in [0.1, 0.15) is 86.6 Å². The number of anilines is 1. The maximum atomic E-state index is 13.2. The molecule has 0 spiro atoms. The van der Waals surface area contributed by atoms with Crippen molar-refractivity contribution in [2.24, 2.45) is 22.5 Å². The summed E-state index contributed by atoms with van der Waals surface area (Å²) in [5.41, 5.74) is 7.07. The van der Waals surface area contributed by atoms with Crippen LogP contribution >= 0.6 is 0 Å². The van der Waals surface area contributed by atoms with E-state index in [0.717, 1.165) is 6.42 Å². The van der Waals surface area contributed by atoms with Crippen molar-refractivity contribution in [2.45, 2.75) is 99.6 Å². The van der Waals surface area contributed by atoms with E-state index in [1.54, 1.807) is 0 Å². The number of rotatable bonds is 13. The summed E-state index contributed by atoms with van der Waals surface area (Å²) in [5.74, 6) is -1.17. The van der Waals surface area contributed by atoms with Crippen LogP contribution in [0.15, 0.2) is 24.3 Å². The predicted octanol–water partition coefficient (Wildman–Crippen LogP) is 4.11. The van der Waals surface area contributed by atoms with Crippen molar-refractivity contribution in [3.63, 3.8) is 0 Å². The van der Waals surface area contributed by atoms with Gasteiger partial charge in [0.2, 0.25) is 17.7 Å². The summed E-state index contributed by atoms with van der Waals surface area (Å²) in [6.07, 6.45) is 2.62. The normalized spacial score (nSPS) is 13.4. The van der Waals surface area contributed by atoms with Crippen LogP contribution in [0, 0.1) is 16.7 Å². The molecule has 0 heterocycles. The average molecular weight is 532 g/mol. The van der Waals surface area contributed by atoms with Gasteiger partial charge in [0.1, 0.15) is 12.1 Å². The summed E-state index contributed by atoms with van der Waals surface area (Å²) in [6, 6.07) is 5.36. The van der Waals surface area contributed by atoms with Gasteiger partial charge >= 0.3 is 6.03 Å². The van der Waals surface area contributed by atoms with Gasteiger partial charge in [-0.05, 0) is 60.1 Å². The Morgan fingerprint density at radius 1 is 0.868 bits per heavy atom. The van der Waals surface area contributed by atoms with Crippen molar-refractivity contribution >= 4 is 29.4 Å². The fourth-order valence-electron chi connectivity index (χ4n) is 3.86. The zero-order chi connectivity index (χ0) is 29.1. The fraction of sp³-hybridized carbons (Fsp3) is 0.655. The van der Waals surface area contributed by atoms with Gasteiger partial charge in [-0.1, -0.05) is 67.5 Å². The molecule has 5 amide bonds. The van der Waals surface area contributed by atoms with Crippen molar-refractivity contribution in [3.8, 4) is 0 Å². The molecule has 1 aromatic carbocycles. The molecule has 0 aliphatic rings. The van der Waals surface area contributed by atoms with E-state index in [-0.39, 0.29) is 41.5 Å². The molecule has 0 aliphatic carbocycles. The third-order valence-electron chi connectivity index (χ3n) is 5.93. The number of amides is 5. The average Bonchev–Trinajstić information content (AvgIpc) is 2.77. The first kappa shape index (κ1) is 32.9. The second-order valence-corrected chi connectivity index (χ2v) is 12.8. The molecule has 214 valence electrons. The van der Waals surface area contributed by atoms with Crippen LogP contribution in [0.4, 0.5) is 10.5 Å². The first-order valence-electron chi connectivity index (χ1n) is 13.5. The maximum Gasteiger partial charge on any atom is 0.312 e. The number of carbonyl (C=O) groups is 4. The van der Waals surface area contributed by atoms with Crippen LogP contribution in [0.25, 0.3) is 0 Å². The van der Waals surface area contributed by atoms with E-state index in [1.807, 2.05) is 38.1 Å². The van der Waals surface area contributed by atoms with E-state index in [4.69, 9.17) is 5.73 Å². The van der Waals surface area contributed by atoms with Crippen LogP contribution in [0.2, 0.25) is 0 Å². The van der Waals surface area contributed by atoms with Crippen LogP contribution < -0.4 is 27.0 Å². The quantitative estimate of drug-likeness (QED) is 0.244. The van der Waals surface area contributed by atoms with E-state index in [0.29, 0.717) is 24.9 Å². The van der Waals surface area contributed by atoms with Crippen LogP contribution in [-0.2, 0) is 20.8 Å². The number of urea groups is 1. The van der Waals surface area contributed by atoms with Gasteiger partial charge in [-0.3, -0.25) is 14.4 Å². The topological polar surface area (TPSA) is 142 Å². The Hall–Kier alpha value is -3.10. The third-order valence-corrected chi connectivity index (χ3v) is 5.93. The molecule has 9 heteroatoms. The maximum absolute atomic E-state index is 13.2. The fourth-order valence-corrected chi connectivity index (χ4v) is 3.86. The lowest BCUT2D eigenvalue weighted by molar-refractivity contribution is -0.132. The molecule has 1 unspecified atom stereocenters. The molecule has 38 heavy (non-hydrogen) atoms. The first-order chi connectivity index (χ1) is 17.5. The molecule has 0 fully saturated rings. The van der Waals surface area contributed by atoms with Gasteiger partial charge in [0, 0.05) is 18.7 Å². The van der Waals surface area contributed by atoms with E-state index in [1.165, 1.54) is 5.56 Å². The molecular formula is C29H49N5O4. The van der Waals surface area contributed by atoms with Crippen molar-refractivity contribution in [3.05, 3.63) is 29.8 Å².